The average Bonchev–Trinajstić information content (AvgIpc) is 2.10. The standard InChI is InChI=1S/3C5H8O2.Ru/c3*1-4(6)3-5(2)7;/h3*3,6H,1-2H3;/q;;;+3/p-3/b3*4-3-;. The molecule has 0 heterocycles. The third-order valence-electron chi connectivity index (χ3n) is 1.22. The van der Waals surface area contributed by atoms with Crippen LogP contribution < -0.4 is 15.3 Å². The molecule has 0 rings (SSSR count). The van der Waals surface area contributed by atoms with E-state index in [1.54, 1.807) is 0 Å². The van der Waals surface area contributed by atoms with Gasteiger partial charge in [-0.05, 0) is 39.0 Å². The summed E-state index contributed by atoms with van der Waals surface area (Å²) in [6.07, 6.45) is 3.17. The minimum atomic E-state index is -0.187. The quantitative estimate of drug-likeness (QED) is 0.360. The van der Waals surface area contributed by atoms with Gasteiger partial charge in [-0.1, -0.05) is 20.8 Å². The largest absolute Gasteiger partial charge is 3.00 e. The first-order chi connectivity index (χ1) is 9.38. The van der Waals surface area contributed by atoms with Crippen LogP contribution >= 0.6 is 0 Å². The van der Waals surface area contributed by atoms with Crippen molar-refractivity contribution in [3.8, 4) is 0 Å². The van der Waals surface area contributed by atoms with Gasteiger partial charge in [0.1, 0.15) is 0 Å². The van der Waals surface area contributed by atoms with Gasteiger partial charge in [0.15, 0.2) is 17.3 Å². The second-order valence-electron chi connectivity index (χ2n) is 4.10. The molecule has 0 aromatic rings. The van der Waals surface area contributed by atoms with Crippen LogP contribution in [0.2, 0.25) is 0 Å². The number of hydrogen-bond donors (Lipinski definition) is 0. The van der Waals surface area contributed by atoms with Crippen molar-refractivity contribution in [3.63, 3.8) is 0 Å². The summed E-state index contributed by atoms with van der Waals surface area (Å²) in [6, 6.07) is 0. The van der Waals surface area contributed by atoms with Gasteiger partial charge in [0, 0.05) is 0 Å². The zero-order valence-corrected chi connectivity index (χ0v) is 15.3. The van der Waals surface area contributed by atoms with Gasteiger partial charge in [0.2, 0.25) is 0 Å². The van der Waals surface area contributed by atoms with E-state index in [9.17, 15) is 29.7 Å². The van der Waals surface area contributed by atoms with E-state index in [4.69, 9.17) is 0 Å². The second-order valence-corrected chi connectivity index (χ2v) is 4.10. The fourth-order valence-corrected chi connectivity index (χ4v) is 0.859. The van der Waals surface area contributed by atoms with Gasteiger partial charge in [-0.2, -0.15) is 0 Å². The Balaban J connectivity index is -0.000000108. The van der Waals surface area contributed by atoms with Crippen molar-refractivity contribution in [1.29, 1.82) is 0 Å². The molecule has 0 spiro atoms. The summed E-state index contributed by atoms with van der Waals surface area (Å²) < 4.78 is 0. The molecule has 0 saturated heterocycles. The van der Waals surface area contributed by atoms with E-state index in [1.165, 1.54) is 41.5 Å². The van der Waals surface area contributed by atoms with Crippen molar-refractivity contribution in [1.82, 2.24) is 0 Å². The zero-order valence-electron chi connectivity index (χ0n) is 13.5. The topological polar surface area (TPSA) is 120 Å². The Morgan fingerprint density at radius 3 is 0.682 bits per heavy atom. The number of allylic oxidation sites excluding steroid dienone is 6. The molecule has 7 heteroatoms. The summed E-state index contributed by atoms with van der Waals surface area (Å²) in [6.45, 7) is 8.09. The number of ketones is 3. The van der Waals surface area contributed by atoms with E-state index in [2.05, 4.69) is 0 Å². The molecule has 0 aliphatic carbocycles. The molecule has 0 fully saturated rings. The van der Waals surface area contributed by atoms with Gasteiger partial charge in [-0.3, -0.25) is 14.4 Å². The minimum Gasteiger partial charge on any atom is -0.876 e. The van der Waals surface area contributed by atoms with Gasteiger partial charge in [0.05, 0.1) is 0 Å². The molecule has 1 radical (unpaired) electrons. The molecule has 0 aliphatic heterocycles. The molecule has 22 heavy (non-hydrogen) atoms. The summed E-state index contributed by atoms with van der Waals surface area (Å²) in [5.74, 6) is -1.12. The predicted molar refractivity (Wildman–Crippen MR) is 73.3 cm³/mol. The molecule has 0 aliphatic rings. The van der Waals surface area contributed by atoms with Crippen LogP contribution in [0.3, 0.4) is 0 Å². The van der Waals surface area contributed by atoms with Crippen LogP contribution in [-0.4, -0.2) is 17.3 Å². The monoisotopic (exact) mass is 399 g/mol. The minimum absolute atomic E-state index is 0. The maximum absolute atomic E-state index is 9.98. The molecule has 0 atom stereocenters. The second kappa shape index (κ2) is 17.3. The summed E-state index contributed by atoms with van der Waals surface area (Å²) in [5.41, 5.74) is 0. The molecule has 0 aromatic carbocycles. The van der Waals surface area contributed by atoms with Gasteiger partial charge >= 0.3 is 19.5 Å². The first-order valence-corrected chi connectivity index (χ1v) is 5.96. The molecule has 0 amide bonds. The molecule has 125 valence electrons. The molecular weight excluding hydrogens is 377 g/mol. The third-order valence-corrected chi connectivity index (χ3v) is 1.22. The molecule has 0 N–H and O–H groups in total. The van der Waals surface area contributed by atoms with Gasteiger partial charge in [-0.25, -0.2) is 0 Å². The van der Waals surface area contributed by atoms with Crippen molar-refractivity contribution < 1.29 is 49.2 Å². The van der Waals surface area contributed by atoms with Crippen LogP contribution in [-0.2, 0) is 33.9 Å². The van der Waals surface area contributed by atoms with Crippen molar-refractivity contribution >= 4 is 17.3 Å². The van der Waals surface area contributed by atoms with Gasteiger partial charge < -0.3 is 15.3 Å². The number of carbonyl (C=O) groups is 3. The molecule has 0 aromatic heterocycles. The van der Waals surface area contributed by atoms with Crippen molar-refractivity contribution in [2.24, 2.45) is 0 Å². The summed E-state index contributed by atoms with van der Waals surface area (Å²) in [7, 11) is 0. The van der Waals surface area contributed by atoms with E-state index in [-0.39, 0.29) is 54.1 Å². The third kappa shape index (κ3) is 51.7. The maximum Gasteiger partial charge on any atom is 3.00 e. The Labute approximate surface area is 144 Å². The van der Waals surface area contributed by atoms with Gasteiger partial charge in [-0.15, -0.1) is 17.3 Å². The Morgan fingerprint density at radius 1 is 0.545 bits per heavy atom. The number of rotatable bonds is 3. The predicted octanol–water partition coefficient (Wildman–Crippen LogP) is -0.484. The molecule has 0 saturated carbocycles. The molecular formula is C15H21O6Ru. The summed E-state index contributed by atoms with van der Waals surface area (Å²) in [4.78, 5) is 29.9. The fourth-order valence-electron chi connectivity index (χ4n) is 0.859. The normalized spacial score (nSPS) is 10.9. The van der Waals surface area contributed by atoms with E-state index in [0.717, 1.165) is 18.2 Å². The van der Waals surface area contributed by atoms with Crippen molar-refractivity contribution in [3.05, 3.63) is 35.5 Å². The first-order valence-electron chi connectivity index (χ1n) is 5.96. The van der Waals surface area contributed by atoms with E-state index in [0.29, 0.717) is 0 Å². The fraction of sp³-hybridized carbons (Fsp3) is 0.400. The van der Waals surface area contributed by atoms with E-state index < -0.39 is 0 Å². The van der Waals surface area contributed by atoms with Crippen LogP contribution in [0.25, 0.3) is 0 Å². The van der Waals surface area contributed by atoms with Crippen LogP contribution in [0.1, 0.15) is 41.5 Å². The Kier molecular flexibility index (Phi) is 22.4. The van der Waals surface area contributed by atoms with Crippen molar-refractivity contribution in [2.45, 2.75) is 41.5 Å². The number of hydrogen-bond acceptors (Lipinski definition) is 6. The van der Waals surface area contributed by atoms with Crippen LogP contribution in [0.5, 0.6) is 0 Å². The van der Waals surface area contributed by atoms with E-state index >= 15 is 0 Å². The maximum atomic E-state index is 9.98. The Morgan fingerprint density at radius 2 is 0.682 bits per heavy atom. The summed E-state index contributed by atoms with van der Waals surface area (Å²) >= 11 is 0. The molecule has 0 bridgehead atoms. The van der Waals surface area contributed by atoms with Crippen molar-refractivity contribution in [2.75, 3.05) is 0 Å². The van der Waals surface area contributed by atoms with Crippen LogP contribution in [0.15, 0.2) is 35.5 Å². The van der Waals surface area contributed by atoms with Crippen LogP contribution in [0.4, 0.5) is 0 Å². The first kappa shape index (κ1) is 28.4. The Bertz CT molecular complexity index is 368. The SMILES string of the molecule is CC(=O)/C=C(/C)[O-].CC(=O)/C=C(/C)[O-].CC(=O)/C=C(/C)[O-].[Ru+3]. The molecule has 6 nitrogen and oxygen atoms in total. The molecule has 0 unspecified atom stereocenters. The smallest absolute Gasteiger partial charge is 0.876 e. The van der Waals surface area contributed by atoms with E-state index in [1.807, 2.05) is 0 Å². The average molecular weight is 398 g/mol. The number of carbonyl (C=O) groups excluding carboxylic acids is 3. The van der Waals surface area contributed by atoms with Crippen LogP contribution in [0, 0.1) is 0 Å². The zero-order chi connectivity index (χ0) is 17.6. The Hall–Kier alpha value is -1.75. The summed E-state index contributed by atoms with van der Waals surface area (Å²) in [5, 5.41) is 29.9. The van der Waals surface area contributed by atoms with Gasteiger partial charge in [0.25, 0.3) is 0 Å².